The number of nitrogens with one attached hydrogen (secondary N) is 1. The number of hydrogen-bond acceptors (Lipinski definition) is 6. The summed E-state index contributed by atoms with van der Waals surface area (Å²) in [4.78, 5) is 40.0. The number of ketones is 1. The number of nitrogens with zero attached hydrogens (tertiary/aromatic N) is 2. The van der Waals surface area contributed by atoms with Crippen molar-refractivity contribution in [3.63, 3.8) is 0 Å². The van der Waals surface area contributed by atoms with Gasteiger partial charge in [-0.25, -0.2) is 0 Å². The van der Waals surface area contributed by atoms with Gasteiger partial charge in [0.15, 0.2) is 5.78 Å². The van der Waals surface area contributed by atoms with Gasteiger partial charge < -0.3 is 19.7 Å². The van der Waals surface area contributed by atoms with Crippen molar-refractivity contribution in [3.05, 3.63) is 47.2 Å². The van der Waals surface area contributed by atoms with Gasteiger partial charge in [-0.2, -0.15) is 5.26 Å². The summed E-state index contributed by atoms with van der Waals surface area (Å²) in [7, 11) is 0. The minimum Gasteiger partial charge on any atom is -0.507 e. The zero-order chi connectivity index (χ0) is 23.1. The Balaban J connectivity index is 2.33. The molecule has 1 aliphatic heterocycles. The molecule has 1 aromatic heterocycles. The molecule has 2 atom stereocenters. The van der Waals surface area contributed by atoms with Crippen LogP contribution in [0, 0.1) is 17.2 Å². The topological polar surface area (TPSA) is 121 Å². The van der Waals surface area contributed by atoms with E-state index in [0.717, 1.165) is 0 Å². The van der Waals surface area contributed by atoms with Crippen LogP contribution >= 0.6 is 0 Å². The highest BCUT2D eigenvalue weighted by atomic mass is 16.5. The molecule has 3 rings (SSSR count). The predicted octanol–water partition coefficient (Wildman–Crippen LogP) is 3.09. The number of amides is 1. The van der Waals surface area contributed by atoms with Crippen LogP contribution in [0.4, 0.5) is 5.82 Å². The van der Waals surface area contributed by atoms with E-state index in [0.29, 0.717) is 0 Å². The zero-order valence-corrected chi connectivity index (χ0v) is 18.1. The van der Waals surface area contributed by atoms with Crippen molar-refractivity contribution < 1.29 is 24.2 Å². The monoisotopic (exact) mass is 423 g/mol. The molecule has 8 nitrogen and oxygen atoms in total. The minimum atomic E-state index is -1.77. The first-order valence-electron chi connectivity index (χ1n) is 9.95. The second kappa shape index (κ2) is 7.58. The molecule has 31 heavy (non-hydrogen) atoms. The fourth-order valence-electron chi connectivity index (χ4n) is 4.08. The van der Waals surface area contributed by atoms with Crippen LogP contribution in [-0.2, 0) is 25.3 Å². The molecule has 0 bridgehead atoms. The number of phenolic OH excluding ortho intramolecular Hbond substituents is 1. The fourth-order valence-corrected chi connectivity index (χ4v) is 4.08. The van der Waals surface area contributed by atoms with Crippen LogP contribution in [0.15, 0.2) is 30.5 Å². The lowest BCUT2D eigenvalue weighted by Gasteiger charge is -2.39. The number of carbonyl (C=O) groups is 3. The van der Waals surface area contributed by atoms with E-state index in [-0.39, 0.29) is 34.9 Å². The zero-order valence-electron chi connectivity index (χ0n) is 18.1. The molecule has 0 radical (unpaired) electrons. The molecular weight excluding hydrogens is 398 g/mol. The lowest BCUT2D eigenvalue weighted by molar-refractivity contribution is -0.153. The fraction of sp³-hybridized carbons (Fsp3) is 0.391. The molecule has 0 spiro atoms. The molecule has 2 heterocycles. The number of rotatable bonds is 4. The molecule has 1 amide bonds. The number of aromatic nitrogens is 1. The van der Waals surface area contributed by atoms with Crippen LogP contribution in [0.5, 0.6) is 5.75 Å². The van der Waals surface area contributed by atoms with E-state index in [1.165, 1.54) is 19.1 Å². The lowest BCUT2D eigenvalue weighted by Crippen LogP contribution is -2.54. The van der Waals surface area contributed by atoms with Gasteiger partial charge in [0, 0.05) is 17.3 Å². The second-order valence-electron chi connectivity index (χ2n) is 8.65. The number of esters is 1. The molecule has 0 saturated heterocycles. The Morgan fingerprint density at radius 2 is 1.97 bits per heavy atom. The smallest absolute Gasteiger partial charge is 0.317 e. The van der Waals surface area contributed by atoms with Gasteiger partial charge in [0.05, 0.1) is 17.7 Å². The quantitative estimate of drug-likeness (QED) is 0.443. The van der Waals surface area contributed by atoms with Crippen molar-refractivity contribution in [1.82, 2.24) is 4.57 Å². The van der Waals surface area contributed by atoms with Gasteiger partial charge in [-0.1, -0.05) is 12.1 Å². The first-order chi connectivity index (χ1) is 14.5. The van der Waals surface area contributed by atoms with E-state index >= 15 is 0 Å². The molecule has 2 aromatic rings. The molecule has 0 aliphatic carbocycles. The normalized spacial score (nSPS) is 20.4. The average molecular weight is 423 g/mol. The summed E-state index contributed by atoms with van der Waals surface area (Å²) in [6, 6.07) is 7.90. The van der Waals surface area contributed by atoms with Gasteiger partial charge >= 0.3 is 5.97 Å². The highest BCUT2D eigenvalue weighted by molar-refractivity contribution is 6.20. The Hall–Kier alpha value is -3.60. The first kappa shape index (κ1) is 22.1. The van der Waals surface area contributed by atoms with Crippen LogP contribution in [-0.4, -0.2) is 33.9 Å². The van der Waals surface area contributed by atoms with Crippen molar-refractivity contribution in [3.8, 4) is 11.8 Å². The van der Waals surface area contributed by atoms with Crippen molar-refractivity contribution in [2.45, 2.75) is 45.6 Å². The van der Waals surface area contributed by atoms with Crippen molar-refractivity contribution >= 4 is 23.5 Å². The number of anilines is 1. The first-order valence-corrected chi connectivity index (χ1v) is 9.95. The van der Waals surface area contributed by atoms with Crippen molar-refractivity contribution in [2.24, 2.45) is 5.92 Å². The van der Waals surface area contributed by atoms with Gasteiger partial charge in [0.25, 0.3) is 0 Å². The molecule has 8 heteroatoms. The molecular formula is C23H25N3O5. The SMILES string of the molecule is CCOC(=O)[C@]1(C)c2c(C#N)cn(C(C)(C)C)c2NC(=O)[C@H]1C(=O)c1ccccc1O. The molecule has 0 saturated carbocycles. The van der Waals surface area contributed by atoms with E-state index in [4.69, 9.17) is 4.74 Å². The van der Waals surface area contributed by atoms with Gasteiger partial charge in [0.2, 0.25) is 5.91 Å². The number of carbonyl (C=O) groups excluding carboxylic acids is 3. The number of hydrogen-bond donors (Lipinski definition) is 2. The van der Waals surface area contributed by atoms with Crippen LogP contribution in [0.1, 0.15) is 56.1 Å². The summed E-state index contributed by atoms with van der Waals surface area (Å²) >= 11 is 0. The van der Waals surface area contributed by atoms with Crippen LogP contribution in [0.2, 0.25) is 0 Å². The minimum absolute atomic E-state index is 0.0325. The highest BCUT2D eigenvalue weighted by Crippen LogP contribution is 2.48. The maximum Gasteiger partial charge on any atom is 0.317 e. The number of ether oxygens (including phenoxy) is 1. The molecule has 0 unspecified atom stereocenters. The summed E-state index contributed by atoms with van der Waals surface area (Å²) < 4.78 is 6.98. The second-order valence-corrected chi connectivity index (χ2v) is 8.65. The summed E-state index contributed by atoms with van der Waals surface area (Å²) in [5.74, 6) is -3.78. The van der Waals surface area contributed by atoms with E-state index < -0.39 is 34.5 Å². The summed E-state index contributed by atoms with van der Waals surface area (Å²) in [5, 5.41) is 22.7. The Bertz CT molecular complexity index is 1120. The van der Waals surface area contributed by atoms with Gasteiger partial charge in [-0.05, 0) is 46.8 Å². The number of phenols is 1. The van der Waals surface area contributed by atoms with Crippen LogP contribution < -0.4 is 5.32 Å². The third-order valence-electron chi connectivity index (χ3n) is 5.58. The molecule has 2 N–H and O–H groups in total. The summed E-state index contributed by atoms with van der Waals surface area (Å²) in [6.07, 6.45) is 1.56. The Labute approximate surface area is 180 Å². The Kier molecular flexibility index (Phi) is 5.40. The maximum absolute atomic E-state index is 13.5. The third kappa shape index (κ3) is 3.36. The lowest BCUT2D eigenvalue weighted by atomic mass is 9.66. The molecule has 0 fully saturated rings. The largest absolute Gasteiger partial charge is 0.507 e. The average Bonchev–Trinajstić information content (AvgIpc) is 3.07. The highest BCUT2D eigenvalue weighted by Gasteiger charge is 2.58. The predicted molar refractivity (Wildman–Crippen MR) is 113 cm³/mol. The maximum atomic E-state index is 13.5. The van der Waals surface area contributed by atoms with Gasteiger partial charge in [-0.3, -0.25) is 14.4 Å². The van der Waals surface area contributed by atoms with E-state index in [9.17, 15) is 24.8 Å². The van der Waals surface area contributed by atoms with Gasteiger partial charge in [-0.15, -0.1) is 0 Å². The third-order valence-corrected chi connectivity index (χ3v) is 5.58. The molecule has 1 aromatic carbocycles. The number of aromatic hydroxyl groups is 1. The number of benzene rings is 1. The Morgan fingerprint density at radius 1 is 1.32 bits per heavy atom. The molecule has 162 valence electrons. The van der Waals surface area contributed by atoms with Crippen molar-refractivity contribution in [2.75, 3.05) is 11.9 Å². The summed E-state index contributed by atoms with van der Waals surface area (Å²) in [6.45, 7) is 8.77. The summed E-state index contributed by atoms with van der Waals surface area (Å²) in [5.41, 5.74) is -1.98. The number of fused-ring (bicyclic) bond motifs is 1. The van der Waals surface area contributed by atoms with E-state index in [1.54, 1.807) is 29.8 Å². The number of nitriles is 1. The van der Waals surface area contributed by atoms with Crippen molar-refractivity contribution in [1.29, 1.82) is 5.26 Å². The van der Waals surface area contributed by atoms with Crippen LogP contribution in [0.3, 0.4) is 0 Å². The Morgan fingerprint density at radius 3 is 2.52 bits per heavy atom. The van der Waals surface area contributed by atoms with E-state index in [2.05, 4.69) is 11.4 Å². The number of para-hydroxylation sites is 1. The van der Waals surface area contributed by atoms with Crippen LogP contribution in [0.25, 0.3) is 0 Å². The van der Waals surface area contributed by atoms with Gasteiger partial charge in [0.1, 0.15) is 29.0 Å². The molecule has 1 aliphatic rings. The standard InChI is InChI=1S/C23H25N3O5/c1-6-31-21(30)23(5)16-13(11-24)12-26(22(2,3)4)19(16)25-20(29)17(23)18(28)14-9-7-8-10-15(14)27/h7-10,12,17,27H,6H2,1-5H3,(H,25,29)/t17-,23-/m1/s1. The van der Waals surface area contributed by atoms with E-state index in [1.807, 2.05) is 20.8 Å². The number of Topliss-reactive ketones (excluding diaryl/α,β-unsaturated/α-hetero) is 1.